The minimum atomic E-state index is -4.01. The maximum Gasteiger partial charge on any atom is 0.261 e. The van der Waals surface area contributed by atoms with E-state index in [1.165, 1.54) is 19.2 Å². The third-order valence-electron chi connectivity index (χ3n) is 8.33. The summed E-state index contributed by atoms with van der Waals surface area (Å²) in [5.74, 6) is 1.19. The van der Waals surface area contributed by atoms with Crippen LogP contribution >= 0.6 is 0 Å². The highest BCUT2D eigenvalue weighted by molar-refractivity contribution is 7.92. The number of amides is 1. The number of rotatable bonds is 9. The van der Waals surface area contributed by atoms with Crippen LogP contribution in [0.1, 0.15) is 34.0 Å². The SMILES string of the molecule is COc1ccc(S(=O)(=O)Nc2cc(C(=O)NCc3ccccc3OC)ccc2N2CC3CC(C2)c2cccc(=O)n2C3)cc1. The first-order chi connectivity index (χ1) is 21.3. The number of aromatic nitrogens is 1. The number of carbonyl (C=O) groups excluding carboxylic acids is 1. The maximum absolute atomic E-state index is 13.6. The minimum absolute atomic E-state index is 0.00192. The summed E-state index contributed by atoms with van der Waals surface area (Å²) in [7, 11) is -0.914. The quantitative estimate of drug-likeness (QED) is 0.290. The Hall–Kier alpha value is -4.77. The summed E-state index contributed by atoms with van der Waals surface area (Å²) in [6.07, 6.45) is 0.955. The van der Waals surface area contributed by atoms with Crippen molar-refractivity contribution in [3.8, 4) is 11.5 Å². The minimum Gasteiger partial charge on any atom is -0.497 e. The third-order valence-corrected chi connectivity index (χ3v) is 9.71. The summed E-state index contributed by atoms with van der Waals surface area (Å²) in [6, 6.07) is 24.0. The second kappa shape index (κ2) is 12.1. The number of para-hydroxylation sites is 1. The summed E-state index contributed by atoms with van der Waals surface area (Å²) >= 11 is 0. The van der Waals surface area contributed by atoms with Crippen LogP contribution in [0.2, 0.25) is 0 Å². The monoisotopic (exact) mass is 614 g/mol. The Kier molecular flexibility index (Phi) is 8.05. The number of carbonyl (C=O) groups is 1. The molecule has 0 spiro atoms. The fourth-order valence-corrected chi connectivity index (χ4v) is 7.28. The molecule has 2 N–H and O–H groups in total. The van der Waals surface area contributed by atoms with E-state index >= 15 is 0 Å². The molecule has 1 amide bonds. The predicted molar refractivity (Wildman–Crippen MR) is 168 cm³/mol. The van der Waals surface area contributed by atoms with Crippen molar-refractivity contribution < 1.29 is 22.7 Å². The van der Waals surface area contributed by atoms with Gasteiger partial charge in [-0.1, -0.05) is 24.3 Å². The zero-order valence-corrected chi connectivity index (χ0v) is 25.3. The number of methoxy groups -OCH3 is 2. The number of nitrogens with one attached hydrogen (secondary N) is 2. The second-order valence-electron chi connectivity index (χ2n) is 11.1. The van der Waals surface area contributed by atoms with Gasteiger partial charge in [-0.2, -0.15) is 0 Å². The van der Waals surface area contributed by atoms with Crippen molar-refractivity contribution in [1.82, 2.24) is 9.88 Å². The second-order valence-corrected chi connectivity index (χ2v) is 12.8. The molecule has 44 heavy (non-hydrogen) atoms. The molecular weight excluding hydrogens is 580 g/mol. The van der Waals surface area contributed by atoms with Crippen molar-refractivity contribution >= 4 is 27.3 Å². The van der Waals surface area contributed by atoms with E-state index in [4.69, 9.17) is 9.47 Å². The molecule has 1 saturated heterocycles. The summed E-state index contributed by atoms with van der Waals surface area (Å²) in [4.78, 5) is 28.1. The van der Waals surface area contributed by atoms with Crippen molar-refractivity contribution in [1.29, 1.82) is 0 Å². The van der Waals surface area contributed by atoms with Crippen LogP contribution in [0.15, 0.2) is 94.6 Å². The lowest BCUT2D eigenvalue weighted by atomic mass is 9.83. The summed E-state index contributed by atoms with van der Waals surface area (Å²) in [5, 5.41) is 2.92. The Morgan fingerprint density at radius 1 is 0.909 bits per heavy atom. The van der Waals surface area contributed by atoms with Gasteiger partial charge in [-0.15, -0.1) is 0 Å². The molecule has 2 unspecified atom stereocenters. The van der Waals surface area contributed by atoms with Crippen LogP contribution in [0.5, 0.6) is 11.5 Å². The number of hydrogen-bond donors (Lipinski definition) is 2. The van der Waals surface area contributed by atoms with Crippen molar-refractivity contribution in [3.05, 3.63) is 112 Å². The summed E-state index contributed by atoms with van der Waals surface area (Å²) < 4.78 is 42.3. The molecule has 2 aliphatic heterocycles. The Labute approximate surface area is 256 Å². The molecule has 0 saturated carbocycles. The molecule has 3 aromatic carbocycles. The molecule has 11 heteroatoms. The first-order valence-corrected chi connectivity index (χ1v) is 15.9. The van der Waals surface area contributed by atoms with Crippen molar-refractivity contribution in [2.24, 2.45) is 5.92 Å². The van der Waals surface area contributed by atoms with Crippen molar-refractivity contribution in [2.75, 3.05) is 36.9 Å². The Morgan fingerprint density at radius 3 is 2.48 bits per heavy atom. The van der Waals surface area contributed by atoms with Crippen LogP contribution in [-0.4, -0.2) is 46.2 Å². The maximum atomic E-state index is 13.6. The van der Waals surface area contributed by atoms with E-state index in [2.05, 4.69) is 14.9 Å². The van der Waals surface area contributed by atoms with E-state index in [0.29, 0.717) is 48.1 Å². The molecule has 1 aromatic heterocycles. The standard InChI is InChI=1S/C33H34N4O6S/c1-42-26-11-13-27(14-12-26)44(40,41)35-28-17-23(33(39)34-18-24-6-3-4-8-31(24)43-2)10-15-30(28)36-19-22-16-25(21-36)29-7-5-9-32(38)37(29)20-22/h3-15,17,22,25,35H,16,18-21H2,1-2H3,(H,34,39). The Morgan fingerprint density at radius 2 is 1.70 bits per heavy atom. The molecule has 2 bridgehead atoms. The van der Waals surface area contributed by atoms with Crippen LogP contribution in [0.4, 0.5) is 11.4 Å². The van der Waals surface area contributed by atoms with Gasteiger partial charge in [0.15, 0.2) is 0 Å². The smallest absolute Gasteiger partial charge is 0.261 e. The molecule has 1 fully saturated rings. The van der Waals surface area contributed by atoms with Crippen LogP contribution in [0, 0.1) is 5.92 Å². The number of nitrogens with zero attached hydrogens (tertiary/aromatic N) is 2. The number of piperidine rings is 1. The molecule has 6 rings (SSSR count). The molecule has 228 valence electrons. The largest absolute Gasteiger partial charge is 0.497 e. The molecule has 2 atom stereocenters. The van der Waals surface area contributed by atoms with E-state index in [1.807, 2.05) is 34.9 Å². The molecule has 0 radical (unpaired) electrons. The number of sulfonamides is 1. The molecule has 0 aliphatic carbocycles. The Balaban J connectivity index is 1.32. The lowest BCUT2D eigenvalue weighted by Crippen LogP contribution is -2.47. The number of anilines is 2. The highest BCUT2D eigenvalue weighted by Gasteiger charge is 2.35. The normalized spacial score (nSPS) is 17.4. The van der Waals surface area contributed by atoms with Crippen LogP contribution in [0.25, 0.3) is 0 Å². The number of pyridine rings is 1. The van der Waals surface area contributed by atoms with Gasteiger partial charge >= 0.3 is 0 Å². The fourth-order valence-electron chi connectivity index (χ4n) is 6.21. The van der Waals surface area contributed by atoms with Crippen LogP contribution < -0.4 is 30.0 Å². The highest BCUT2D eigenvalue weighted by Crippen LogP contribution is 2.40. The van der Waals surface area contributed by atoms with E-state index < -0.39 is 10.0 Å². The van der Waals surface area contributed by atoms with Gasteiger partial charge in [0.1, 0.15) is 11.5 Å². The van der Waals surface area contributed by atoms with E-state index in [9.17, 15) is 18.0 Å². The van der Waals surface area contributed by atoms with E-state index in [1.54, 1.807) is 49.6 Å². The average molecular weight is 615 g/mol. The molecular formula is C33H34N4O6S. The molecule has 10 nitrogen and oxygen atoms in total. The van der Waals surface area contributed by atoms with Gasteiger partial charge in [-0.25, -0.2) is 8.42 Å². The molecule has 4 aromatic rings. The van der Waals surface area contributed by atoms with E-state index in [-0.39, 0.29) is 34.7 Å². The van der Waals surface area contributed by atoms with Crippen LogP contribution in [-0.2, 0) is 23.1 Å². The van der Waals surface area contributed by atoms with Gasteiger partial charge < -0.3 is 24.3 Å². The number of fused-ring (bicyclic) bond motifs is 4. The lowest BCUT2D eigenvalue weighted by molar-refractivity contribution is 0.0950. The van der Waals surface area contributed by atoms with E-state index in [0.717, 1.165) is 17.7 Å². The van der Waals surface area contributed by atoms with Gasteiger partial charge in [-0.3, -0.25) is 14.3 Å². The van der Waals surface area contributed by atoms with Gasteiger partial charge in [0, 0.05) is 55.0 Å². The van der Waals surface area contributed by atoms with Gasteiger partial charge in [-0.05, 0) is 66.9 Å². The average Bonchev–Trinajstić information content (AvgIpc) is 3.04. The topological polar surface area (TPSA) is 119 Å². The fraction of sp³-hybridized carbons (Fsp3) is 0.273. The zero-order chi connectivity index (χ0) is 30.8. The van der Waals surface area contributed by atoms with Crippen molar-refractivity contribution in [2.45, 2.75) is 30.3 Å². The highest BCUT2D eigenvalue weighted by atomic mass is 32.2. The van der Waals surface area contributed by atoms with Gasteiger partial charge in [0.25, 0.3) is 21.5 Å². The number of ether oxygens (including phenoxy) is 2. The number of benzene rings is 3. The first kappa shape index (κ1) is 29.3. The third kappa shape index (κ3) is 5.87. The predicted octanol–water partition coefficient (Wildman–Crippen LogP) is 4.22. The van der Waals surface area contributed by atoms with Gasteiger partial charge in [0.05, 0.1) is 30.5 Å². The lowest BCUT2D eigenvalue weighted by Gasteiger charge is -2.44. The summed E-state index contributed by atoms with van der Waals surface area (Å²) in [5.41, 5.74) is 3.10. The molecule has 2 aliphatic rings. The van der Waals surface area contributed by atoms with Crippen molar-refractivity contribution in [3.63, 3.8) is 0 Å². The molecule has 3 heterocycles. The summed E-state index contributed by atoms with van der Waals surface area (Å²) in [6.45, 7) is 2.11. The van der Waals surface area contributed by atoms with Gasteiger partial charge in [0.2, 0.25) is 0 Å². The first-order valence-electron chi connectivity index (χ1n) is 14.4. The number of hydrogen-bond acceptors (Lipinski definition) is 7. The Bertz CT molecular complexity index is 1860. The zero-order valence-electron chi connectivity index (χ0n) is 24.5. The van der Waals surface area contributed by atoms with Crippen LogP contribution in [0.3, 0.4) is 0 Å².